The van der Waals surface area contributed by atoms with E-state index in [1.165, 1.54) is 12.1 Å². The molecule has 5 rings (SSSR count). The van der Waals surface area contributed by atoms with Crippen molar-refractivity contribution in [1.29, 1.82) is 0 Å². The molecule has 2 fully saturated rings. The highest BCUT2D eigenvalue weighted by molar-refractivity contribution is 6.01. The van der Waals surface area contributed by atoms with Crippen molar-refractivity contribution >= 4 is 22.7 Å². The lowest BCUT2D eigenvalue weighted by atomic mass is 9.83. The Morgan fingerprint density at radius 1 is 1.08 bits per heavy atom. The molecule has 3 heterocycles. The quantitative estimate of drug-likeness (QED) is 0.502. The van der Waals surface area contributed by atoms with Crippen molar-refractivity contribution < 1.29 is 27.9 Å². The molecule has 2 aliphatic heterocycles. The van der Waals surface area contributed by atoms with Gasteiger partial charge < -0.3 is 5.11 Å². The fraction of sp³-hybridized carbons (Fsp3) is 0.393. The molecule has 6 nitrogen and oxygen atoms in total. The van der Waals surface area contributed by atoms with Crippen LogP contribution in [0.2, 0.25) is 0 Å². The smallest absolute Gasteiger partial charge is 0.385 e. The molecule has 0 radical (unpaired) electrons. The highest BCUT2D eigenvalue weighted by Gasteiger charge is 2.35. The lowest BCUT2D eigenvalue weighted by Crippen LogP contribution is -2.42. The molecule has 1 aromatic heterocycles. The van der Waals surface area contributed by atoms with E-state index in [0.717, 1.165) is 45.4 Å². The summed E-state index contributed by atoms with van der Waals surface area (Å²) >= 11 is 0. The molecule has 0 saturated carbocycles. The van der Waals surface area contributed by atoms with Crippen molar-refractivity contribution in [3.05, 3.63) is 76.5 Å². The number of piperidine rings is 2. The maximum atomic E-state index is 12.8. The van der Waals surface area contributed by atoms with Crippen LogP contribution in [0.4, 0.5) is 13.2 Å². The lowest BCUT2D eigenvalue weighted by Gasteiger charge is -2.38. The number of alkyl halides is 3. The second-order valence-electron chi connectivity index (χ2n) is 10.1. The summed E-state index contributed by atoms with van der Waals surface area (Å²) in [6.45, 7) is 3.57. The van der Waals surface area contributed by atoms with Gasteiger partial charge in [0.25, 0.3) is 0 Å². The van der Waals surface area contributed by atoms with Crippen LogP contribution in [0, 0.1) is 6.92 Å². The average Bonchev–Trinajstić information content (AvgIpc) is 2.85. The van der Waals surface area contributed by atoms with Gasteiger partial charge in [0.1, 0.15) is 0 Å². The van der Waals surface area contributed by atoms with Crippen LogP contribution >= 0.6 is 0 Å². The first-order valence-corrected chi connectivity index (χ1v) is 12.4. The Balaban J connectivity index is 1.30. The number of aliphatic hydroxyl groups is 1. The summed E-state index contributed by atoms with van der Waals surface area (Å²) in [5.41, 5.74) is 2.16. The molecule has 2 aliphatic rings. The monoisotopic (exact) mass is 511 g/mol. The molecular formula is C28H28F3N3O3. The zero-order valence-corrected chi connectivity index (χ0v) is 20.4. The van der Waals surface area contributed by atoms with Gasteiger partial charge in [-0.2, -0.15) is 13.2 Å². The summed E-state index contributed by atoms with van der Waals surface area (Å²) in [7, 11) is 0. The number of carbonyl (C=O) groups excluding carboxylic acids is 2. The highest BCUT2D eigenvalue weighted by atomic mass is 19.4. The number of aryl methyl sites for hydroxylation is 1. The predicted octanol–water partition coefficient (Wildman–Crippen LogP) is 4.57. The van der Waals surface area contributed by atoms with E-state index in [2.05, 4.69) is 15.2 Å². The molecule has 2 saturated heterocycles. The van der Waals surface area contributed by atoms with E-state index in [-0.39, 0.29) is 18.2 Å². The van der Waals surface area contributed by atoms with E-state index < -0.39 is 23.3 Å². The zero-order valence-electron chi connectivity index (χ0n) is 20.4. The number of hydrogen-bond acceptors (Lipinski definition) is 5. The number of benzene rings is 2. The number of pyridine rings is 1. The predicted molar refractivity (Wildman–Crippen MR) is 131 cm³/mol. The molecule has 0 spiro atoms. The molecule has 2 N–H and O–H groups in total. The number of rotatable bonds is 4. The van der Waals surface area contributed by atoms with Crippen LogP contribution < -0.4 is 5.32 Å². The average molecular weight is 512 g/mol. The number of hydrogen-bond donors (Lipinski definition) is 2. The number of carbonyl (C=O) groups is 2. The van der Waals surface area contributed by atoms with Gasteiger partial charge in [-0.05, 0) is 73.2 Å². The van der Waals surface area contributed by atoms with Crippen molar-refractivity contribution in [2.45, 2.75) is 56.8 Å². The fourth-order valence-electron chi connectivity index (χ4n) is 5.35. The minimum atomic E-state index is -4.35. The third-order valence-corrected chi connectivity index (χ3v) is 7.57. The molecule has 2 amide bonds. The summed E-state index contributed by atoms with van der Waals surface area (Å²) in [6.07, 6.45) is -2.65. The van der Waals surface area contributed by atoms with E-state index in [9.17, 15) is 27.9 Å². The number of halogens is 3. The first-order chi connectivity index (χ1) is 17.5. The van der Waals surface area contributed by atoms with Gasteiger partial charge in [-0.3, -0.25) is 24.8 Å². The number of amides is 2. The Morgan fingerprint density at radius 3 is 2.43 bits per heavy atom. The van der Waals surface area contributed by atoms with Gasteiger partial charge in [-0.25, -0.2) is 0 Å². The van der Waals surface area contributed by atoms with Crippen LogP contribution in [0.3, 0.4) is 0 Å². The Morgan fingerprint density at radius 2 is 1.78 bits per heavy atom. The van der Waals surface area contributed by atoms with Crippen LogP contribution in [0.15, 0.2) is 48.5 Å². The summed E-state index contributed by atoms with van der Waals surface area (Å²) in [4.78, 5) is 30.8. The number of imide groups is 1. The van der Waals surface area contributed by atoms with Gasteiger partial charge >= 0.3 is 6.18 Å². The van der Waals surface area contributed by atoms with Crippen LogP contribution in [0.25, 0.3) is 10.9 Å². The van der Waals surface area contributed by atoms with Crippen molar-refractivity contribution in [3.8, 4) is 0 Å². The molecule has 0 bridgehead atoms. The third kappa shape index (κ3) is 5.24. The molecule has 0 aliphatic carbocycles. The summed E-state index contributed by atoms with van der Waals surface area (Å²) in [5, 5.41) is 14.7. The van der Waals surface area contributed by atoms with Gasteiger partial charge in [-0.15, -0.1) is 0 Å². The van der Waals surface area contributed by atoms with Crippen molar-refractivity contribution in [3.63, 3.8) is 0 Å². The van der Waals surface area contributed by atoms with Crippen molar-refractivity contribution in [2.24, 2.45) is 0 Å². The Bertz CT molecular complexity index is 1350. The molecule has 2 aromatic carbocycles. The van der Waals surface area contributed by atoms with Crippen LogP contribution in [-0.2, 0) is 27.9 Å². The van der Waals surface area contributed by atoms with Gasteiger partial charge in [-0.1, -0.05) is 18.2 Å². The van der Waals surface area contributed by atoms with Crippen LogP contribution in [0.1, 0.15) is 59.5 Å². The standard InChI is InChI=1S/C28H28F3N3O3/c1-17-23(22-7-9-25(35)33-26(22)36)15-19-14-21(6-8-24(19)32-17)27(37)10-12-34(13-11-27)16-18-2-4-20(5-3-18)28(29,30)31/h2-6,8,14-15,22,37H,7,9-13,16H2,1H3,(H,33,35,36). The minimum absolute atomic E-state index is 0.262. The zero-order chi connectivity index (χ0) is 26.4. The van der Waals surface area contributed by atoms with E-state index in [1.54, 1.807) is 0 Å². The second kappa shape index (κ2) is 9.54. The lowest BCUT2D eigenvalue weighted by molar-refractivity contribution is -0.138. The number of likely N-dealkylation sites (tertiary alicyclic amines) is 1. The molecule has 194 valence electrons. The van der Waals surface area contributed by atoms with E-state index in [0.29, 0.717) is 38.9 Å². The maximum absolute atomic E-state index is 12.8. The first-order valence-electron chi connectivity index (χ1n) is 12.4. The normalized spacial score (nSPS) is 20.7. The molecular weight excluding hydrogens is 483 g/mol. The Kier molecular flexibility index (Phi) is 6.53. The number of fused-ring (bicyclic) bond motifs is 1. The Labute approximate surface area is 212 Å². The summed E-state index contributed by atoms with van der Waals surface area (Å²) in [5.74, 6) is -1.01. The van der Waals surface area contributed by atoms with E-state index >= 15 is 0 Å². The summed E-state index contributed by atoms with van der Waals surface area (Å²) in [6, 6.07) is 12.8. The van der Waals surface area contributed by atoms with Gasteiger partial charge in [0.05, 0.1) is 22.6 Å². The van der Waals surface area contributed by atoms with Crippen molar-refractivity contribution in [1.82, 2.24) is 15.2 Å². The first kappa shape index (κ1) is 25.4. The largest absolute Gasteiger partial charge is 0.416 e. The Hall–Kier alpha value is -3.30. The molecule has 1 unspecified atom stereocenters. The third-order valence-electron chi connectivity index (χ3n) is 7.57. The van der Waals surface area contributed by atoms with Gasteiger partial charge in [0, 0.05) is 37.1 Å². The number of nitrogens with one attached hydrogen (secondary N) is 1. The maximum Gasteiger partial charge on any atom is 0.416 e. The molecule has 3 aromatic rings. The summed E-state index contributed by atoms with van der Waals surface area (Å²) < 4.78 is 38.5. The molecule has 1 atom stereocenters. The topological polar surface area (TPSA) is 82.5 Å². The van der Waals surface area contributed by atoms with E-state index in [4.69, 9.17) is 0 Å². The minimum Gasteiger partial charge on any atom is -0.385 e. The SMILES string of the molecule is Cc1nc2ccc(C3(O)CCN(Cc4ccc(C(F)(F)F)cc4)CC3)cc2cc1C1CCC(=O)NC1=O. The number of aromatic nitrogens is 1. The van der Waals surface area contributed by atoms with E-state index in [1.807, 2.05) is 31.2 Å². The molecule has 9 heteroatoms. The second-order valence-corrected chi connectivity index (χ2v) is 10.1. The van der Waals surface area contributed by atoms with Crippen LogP contribution in [0.5, 0.6) is 0 Å². The van der Waals surface area contributed by atoms with Crippen molar-refractivity contribution in [2.75, 3.05) is 13.1 Å². The van der Waals surface area contributed by atoms with Crippen LogP contribution in [-0.4, -0.2) is 39.9 Å². The fourth-order valence-corrected chi connectivity index (χ4v) is 5.35. The number of nitrogens with zero attached hydrogens (tertiary/aromatic N) is 2. The molecule has 37 heavy (non-hydrogen) atoms. The highest BCUT2D eigenvalue weighted by Crippen LogP contribution is 2.36. The van der Waals surface area contributed by atoms with Gasteiger partial charge in [0.15, 0.2) is 0 Å². The van der Waals surface area contributed by atoms with Gasteiger partial charge in [0.2, 0.25) is 11.8 Å².